The minimum atomic E-state index is -2.79. The summed E-state index contributed by atoms with van der Waals surface area (Å²) >= 11 is 5.96. The Morgan fingerprint density at radius 3 is 2.29 bits per heavy atom. The normalized spacial score (nSPS) is 17.1. The zero-order valence-corrected chi connectivity index (χ0v) is 19.3. The molecule has 1 aromatic heterocycles. The predicted molar refractivity (Wildman–Crippen MR) is 128 cm³/mol. The standard InChI is InChI=1S/C24H25F2N5O2S/c25-21(26)23-28-27-22(33-23)18-8-6-17(7-9-18)14-31(19-4-2-1-3-5-19)24(34)30-12-10-29(11-13-30)20-15-32-16-20/h1-9,20-21H,10-16H2. The summed E-state index contributed by atoms with van der Waals surface area (Å²) in [7, 11) is 0. The van der Waals surface area contributed by atoms with Crippen molar-refractivity contribution in [2.75, 3.05) is 44.3 Å². The number of rotatable bonds is 6. The topological polar surface area (TPSA) is 57.9 Å². The molecule has 2 aliphatic heterocycles. The zero-order chi connectivity index (χ0) is 23.5. The molecule has 0 unspecified atom stereocenters. The summed E-state index contributed by atoms with van der Waals surface area (Å²) in [6.07, 6.45) is -2.79. The number of nitrogens with zero attached hydrogens (tertiary/aromatic N) is 5. The average Bonchev–Trinajstić information content (AvgIpc) is 3.33. The molecule has 0 amide bonds. The third-order valence-corrected chi connectivity index (χ3v) is 6.67. The molecule has 0 atom stereocenters. The van der Waals surface area contributed by atoms with Crippen LogP contribution in [0, 0.1) is 0 Å². The van der Waals surface area contributed by atoms with Crippen LogP contribution in [0.5, 0.6) is 0 Å². The van der Waals surface area contributed by atoms with Crippen molar-refractivity contribution in [1.82, 2.24) is 20.0 Å². The first-order chi connectivity index (χ1) is 16.6. The molecule has 7 nitrogen and oxygen atoms in total. The smallest absolute Gasteiger partial charge is 0.314 e. The summed E-state index contributed by atoms with van der Waals surface area (Å²) < 4.78 is 35.9. The minimum absolute atomic E-state index is 0.0759. The molecule has 0 bridgehead atoms. The summed E-state index contributed by atoms with van der Waals surface area (Å²) in [5, 5.41) is 7.90. The molecular formula is C24H25F2N5O2S. The zero-order valence-electron chi connectivity index (χ0n) is 18.5. The summed E-state index contributed by atoms with van der Waals surface area (Å²) in [4.78, 5) is 6.87. The van der Waals surface area contributed by atoms with Crippen molar-refractivity contribution in [3.05, 3.63) is 66.1 Å². The fourth-order valence-corrected chi connectivity index (χ4v) is 4.49. The highest BCUT2D eigenvalue weighted by atomic mass is 32.1. The molecule has 178 valence electrons. The molecule has 34 heavy (non-hydrogen) atoms. The van der Waals surface area contributed by atoms with Gasteiger partial charge in [0.25, 0.3) is 5.89 Å². The number of alkyl halides is 2. The maximum absolute atomic E-state index is 12.7. The molecule has 2 aliphatic rings. The molecule has 0 saturated carbocycles. The molecule has 0 N–H and O–H groups in total. The molecule has 3 heterocycles. The average molecular weight is 486 g/mol. The third kappa shape index (κ3) is 4.94. The van der Waals surface area contributed by atoms with Crippen molar-refractivity contribution >= 4 is 23.0 Å². The molecule has 2 aromatic carbocycles. The lowest BCUT2D eigenvalue weighted by Crippen LogP contribution is -2.58. The molecule has 2 fully saturated rings. The minimum Gasteiger partial charge on any atom is -0.415 e. The van der Waals surface area contributed by atoms with Gasteiger partial charge in [-0.25, -0.2) is 0 Å². The Bertz CT molecular complexity index is 1100. The van der Waals surface area contributed by atoms with E-state index in [2.05, 4.69) is 24.9 Å². The van der Waals surface area contributed by atoms with Crippen molar-refractivity contribution in [3.63, 3.8) is 0 Å². The third-order valence-electron chi connectivity index (χ3n) is 6.19. The van der Waals surface area contributed by atoms with Crippen LogP contribution in [-0.4, -0.2) is 70.5 Å². The molecule has 2 saturated heterocycles. The highest BCUT2D eigenvalue weighted by Gasteiger charge is 2.30. The van der Waals surface area contributed by atoms with Crippen LogP contribution < -0.4 is 4.90 Å². The Hall–Kier alpha value is -2.95. The fraction of sp³-hybridized carbons (Fsp3) is 0.375. The molecule has 5 rings (SSSR count). The Morgan fingerprint density at radius 2 is 1.71 bits per heavy atom. The summed E-state index contributed by atoms with van der Waals surface area (Å²) in [5.74, 6) is -0.600. The number of anilines is 1. The number of thiocarbonyl (C=S) groups is 1. The van der Waals surface area contributed by atoms with Crippen molar-refractivity contribution in [3.8, 4) is 11.5 Å². The summed E-state index contributed by atoms with van der Waals surface area (Å²) in [6, 6.07) is 18.1. The van der Waals surface area contributed by atoms with Crippen molar-refractivity contribution < 1.29 is 17.9 Å². The summed E-state index contributed by atoms with van der Waals surface area (Å²) in [6.45, 7) is 5.91. The van der Waals surface area contributed by atoms with Gasteiger partial charge in [0.1, 0.15) is 0 Å². The van der Waals surface area contributed by atoms with Gasteiger partial charge in [-0.15, -0.1) is 10.2 Å². The number of para-hydroxylation sites is 1. The van der Waals surface area contributed by atoms with Crippen LogP contribution in [0.3, 0.4) is 0 Å². The van der Waals surface area contributed by atoms with Gasteiger partial charge in [0.15, 0.2) is 5.11 Å². The number of aromatic nitrogens is 2. The second-order valence-electron chi connectivity index (χ2n) is 8.36. The van der Waals surface area contributed by atoms with Crippen LogP contribution in [0.25, 0.3) is 11.5 Å². The van der Waals surface area contributed by atoms with E-state index in [1.165, 1.54) is 0 Å². The van der Waals surface area contributed by atoms with Gasteiger partial charge in [0.05, 0.1) is 25.8 Å². The van der Waals surface area contributed by atoms with E-state index in [9.17, 15) is 8.78 Å². The lowest BCUT2D eigenvalue weighted by Gasteiger charge is -2.44. The maximum Gasteiger partial charge on any atom is 0.314 e. The predicted octanol–water partition coefficient (Wildman–Crippen LogP) is 3.98. The van der Waals surface area contributed by atoms with E-state index in [-0.39, 0.29) is 5.89 Å². The van der Waals surface area contributed by atoms with Gasteiger partial charge >= 0.3 is 6.43 Å². The van der Waals surface area contributed by atoms with E-state index >= 15 is 0 Å². The number of piperazine rings is 1. The lowest BCUT2D eigenvalue weighted by molar-refractivity contribution is -0.0728. The molecular weight excluding hydrogens is 460 g/mol. The number of ether oxygens (including phenoxy) is 1. The van der Waals surface area contributed by atoms with Crippen LogP contribution in [0.4, 0.5) is 14.5 Å². The molecule has 3 aromatic rings. The van der Waals surface area contributed by atoms with Gasteiger partial charge in [-0.3, -0.25) is 4.90 Å². The van der Waals surface area contributed by atoms with Crippen LogP contribution in [0.15, 0.2) is 59.0 Å². The monoisotopic (exact) mass is 485 g/mol. The molecule has 0 spiro atoms. The Morgan fingerprint density at radius 1 is 1.00 bits per heavy atom. The van der Waals surface area contributed by atoms with E-state index in [4.69, 9.17) is 21.4 Å². The first-order valence-electron chi connectivity index (χ1n) is 11.2. The SMILES string of the molecule is FC(F)c1nnc(-c2ccc(CN(C(=S)N3CCN(C4COC4)CC3)c3ccccc3)cc2)o1. The van der Waals surface area contributed by atoms with E-state index in [0.717, 1.165) is 55.8 Å². The Balaban J connectivity index is 1.30. The summed E-state index contributed by atoms with van der Waals surface area (Å²) in [5.41, 5.74) is 2.63. The Labute approximate surface area is 201 Å². The van der Waals surface area contributed by atoms with Gasteiger partial charge in [-0.1, -0.05) is 30.3 Å². The van der Waals surface area contributed by atoms with Gasteiger partial charge < -0.3 is 19.0 Å². The van der Waals surface area contributed by atoms with Crippen LogP contribution in [0.2, 0.25) is 0 Å². The fourth-order valence-electron chi connectivity index (χ4n) is 4.14. The van der Waals surface area contributed by atoms with Crippen molar-refractivity contribution in [2.45, 2.75) is 19.0 Å². The first-order valence-corrected chi connectivity index (χ1v) is 11.6. The maximum atomic E-state index is 12.7. The Kier molecular flexibility index (Phi) is 6.80. The highest BCUT2D eigenvalue weighted by molar-refractivity contribution is 7.80. The molecule has 0 aliphatic carbocycles. The lowest BCUT2D eigenvalue weighted by atomic mass is 10.1. The van der Waals surface area contributed by atoms with E-state index in [1.807, 2.05) is 42.5 Å². The number of halogens is 2. The van der Waals surface area contributed by atoms with Gasteiger partial charge in [-0.2, -0.15) is 8.78 Å². The number of benzene rings is 2. The second kappa shape index (κ2) is 10.1. The quantitative estimate of drug-likeness (QED) is 0.486. The van der Waals surface area contributed by atoms with E-state index in [0.29, 0.717) is 18.2 Å². The van der Waals surface area contributed by atoms with Crippen LogP contribution in [-0.2, 0) is 11.3 Å². The van der Waals surface area contributed by atoms with Crippen molar-refractivity contribution in [2.24, 2.45) is 0 Å². The van der Waals surface area contributed by atoms with Crippen LogP contribution >= 0.6 is 12.2 Å². The van der Waals surface area contributed by atoms with E-state index in [1.54, 1.807) is 12.1 Å². The highest BCUT2D eigenvalue weighted by Crippen LogP contribution is 2.25. The molecule has 10 heteroatoms. The first kappa shape index (κ1) is 22.8. The largest absolute Gasteiger partial charge is 0.415 e. The van der Waals surface area contributed by atoms with Gasteiger partial charge in [0.2, 0.25) is 5.89 Å². The molecule has 0 radical (unpaired) electrons. The van der Waals surface area contributed by atoms with E-state index < -0.39 is 12.3 Å². The van der Waals surface area contributed by atoms with Crippen molar-refractivity contribution in [1.29, 1.82) is 0 Å². The number of hydrogen-bond donors (Lipinski definition) is 0. The van der Waals surface area contributed by atoms with Crippen LogP contribution in [0.1, 0.15) is 17.9 Å². The second-order valence-corrected chi connectivity index (χ2v) is 8.73. The van der Waals surface area contributed by atoms with Gasteiger partial charge in [-0.05, 0) is 42.0 Å². The van der Waals surface area contributed by atoms with Gasteiger partial charge in [0, 0.05) is 37.4 Å². The number of hydrogen-bond acceptors (Lipinski definition) is 6.